The van der Waals surface area contributed by atoms with Crippen LogP contribution in [-0.4, -0.2) is 40.4 Å². The number of nitrogens with one attached hydrogen (secondary N) is 1. The molecule has 0 aliphatic heterocycles. The highest BCUT2D eigenvalue weighted by molar-refractivity contribution is 5.36. The minimum atomic E-state index is 0.208. The summed E-state index contributed by atoms with van der Waals surface area (Å²) in [6, 6.07) is 6.24. The van der Waals surface area contributed by atoms with E-state index in [1.54, 1.807) is 7.11 Å². The van der Waals surface area contributed by atoms with E-state index in [1.807, 2.05) is 28.8 Å². The molecule has 0 amide bonds. The van der Waals surface area contributed by atoms with E-state index in [4.69, 9.17) is 4.74 Å². The summed E-state index contributed by atoms with van der Waals surface area (Å²) in [6.07, 6.45) is 3.05. The van der Waals surface area contributed by atoms with Crippen molar-refractivity contribution in [3.8, 4) is 0 Å². The molecule has 98 valence electrons. The Balaban J connectivity index is 1.91. The van der Waals surface area contributed by atoms with E-state index >= 15 is 0 Å². The Morgan fingerprint density at radius 2 is 2.17 bits per heavy atom. The molecule has 0 aliphatic carbocycles. The molecular formula is C13H20N4O. The van der Waals surface area contributed by atoms with Gasteiger partial charge in [-0.1, -0.05) is 6.07 Å². The van der Waals surface area contributed by atoms with Crippen molar-refractivity contribution < 1.29 is 4.74 Å². The second kappa shape index (κ2) is 5.93. The van der Waals surface area contributed by atoms with Crippen LogP contribution < -0.4 is 5.32 Å². The summed E-state index contributed by atoms with van der Waals surface area (Å²) >= 11 is 0. The van der Waals surface area contributed by atoms with Gasteiger partial charge in [0.25, 0.3) is 0 Å². The Morgan fingerprint density at radius 3 is 2.94 bits per heavy atom. The molecule has 0 radical (unpaired) electrons. The molecule has 0 spiro atoms. The van der Waals surface area contributed by atoms with Crippen molar-refractivity contribution in [1.82, 2.24) is 19.9 Å². The van der Waals surface area contributed by atoms with Crippen LogP contribution in [0, 0.1) is 0 Å². The van der Waals surface area contributed by atoms with E-state index in [9.17, 15) is 0 Å². The van der Waals surface area contributed by atoms with Crippen LogP contribution in [-0.2, 0) is 11.2 Å². The molecular weight excluding hydrogens is 228 g/mol. The molecule has 2 rings (SSSR count). The maximum absolute atomic E-state index is 5.27. The highest BCUT2D eigenvalue weighted by atomic mass is 16.5. The Kier molecular flexibility index (Phi) is 4.28. The second-order valence-corrected chi connectivity index (χ2v) is 4.48. The molecule has 18 heavy (non-hydrogen) atoms. The number of nitrogens with zero attached hydrogens (tertiary/aromatic N) is 3. The van der Waals surface area contributed by atoms with E-state index in [2.05, 4.69) is 29.4 Å². The maximum Gasteiger partial charge on any atom is 0.160 e. The quantitative estimate of drug-likeness (QED) is 0.837. The van der Waals surface area contributed by atoms with E-state index in [0.717, 1.165) is 24.4 Å². The molecule has 0 bridgehead atoms. The number of methoxy groups -OCH3 is 1. The van der Waals surface area contributed by atoms with Crippen molar-refractivity contribution in [2.45, 2.75) is 32.4 Å². The van der Waals surface area contributed by atoms with Gasteiger partial charge in [0.1, 0.15) is 5.82 Å². The predicted octanol–water partition coefficient (Wildman–Crippen LogP) is 1.28. The topological polar surface area (TPSA) is 51.5 Å². The third-order valence-electron chi connectivity index (χ3n) is 3.28. The zero-order chi connectivity index (χ0) is 13.0. The Morgan fingerprint density at radius 1 is 1.33 bits per heavy atom. The summed E-state index contributed by atoms with van der Waals surface area (Å²) in [4.78, 5) is 0. The first-order valence-electron chi connectivity index (χ1n) is 6.27. The molecule has 2 atom stereocenters. The average Bonchev–Trinajstić information content (AvgIpc) is 2.81. The minimum absolute atomic E-state index is 0.208. The summed E-state index contributed by atoms with van der Waals surface area (Å²) < 4.78 is 7.29. The summed E-state index contributed by atoms with van der Waals surface area (Å²) in [5, 5.41) is 11.8. The SMILES string of the molecule is COC(C)C(C)NCCc1nnc2ccccn12. The fourth-order valence-corrected chi connectivity index (χ4v) is 1.84. The van der Waals surface area contributed by atoms with Crippen molar-refractivity contribution in [1.29, 1.82) is 0 Å². The van der Waals surface area contributed by atoms with Crippen LogP contribution in [0.3, 0.4) is 0 Å². The summed E-state index contributed by atoms with van der Waals surface area (Å²) in [7, 11) is 1.73. The van der Waals surface area contributed by atoms with Gasteiger partial charge < -0.3 is 10.1 Å². The molecule has 0 saturated carbocycles. The third kappa shape index (κ3) is 2.86. The predicted molar refractivity (Wildman–Crippen MR) is 70.6 cm³/mol. The summed E-state index contributed by atoms with van der Waals surface area (Å²) in [5.74, 6) is 0.982. The van der Waals surface area contributed by atoms with E-state index in [-0.39, 0.29) is 6.10 Å². The van der Waals surface area contributed by atoms with Crippen LogP contribution >= 0.6 is 0 Å². The number of rotatable bonds is 6. The lowest BCUT2D eigenvalue weighted by molar-refractivity contribution is 0.0889. The maximum atomic E-state index is 5.27. The molecule has 2 aromatic rings. The van der Waals surface area contributed by atoms with Crippen molar-refractivity contribution in [2.24, 2.45) is 0 Å². The van der Waals surface area contributed by atoms with E-state index < -0.39 is 0 Å². The molecule has 1 N–H and O–H groups in total. The Bertz CT molecular complexity index is 496. The van der Waals surface area contributed by atoms with Crippen molar-refractivity contribution in [2.75, 3.05) is 13.7 Å². The van der Waals surface area contributed by atoms with Gasteiger partial charge in [0.05, 0.1) is 6.10 Å². The van der Waals surface area contributed by atoms with Crippen molar-refractivity contribution >= 4 is 5.65 Å². The lowest BCUT2D eigenvalue weighted by Crippen LogP contribution is -2.37. The van der Waals surface area contributed by atoms with Crippen molar-refractivity contribution in [3.05, 3.63) is 30.2 Å². The van der Waals surface area contributed by atoms with Gasteiger partial charge in [0.15, 0.2) is 5.65 Å². The second-order valence-electron chi connectivity index (χ2n) is 4.48. The van der Waals surface area contributed by atoms with Gasteiger partial charge in [-0.15, -0.1) is 10.2 Å². The zero-order valence-electron chi connectivity index (χ0n) is 11.1. The van der Waals surface area contributed by atoms with Gasteiger partial charge in [-0.05, 0) is 26.0 Å². The van der Waals surface area contributed by atoms with Gasteiger partial charge in [0.2, 0.25) is 0 Å². The Labute approximate surface area is 107 Å². The first-order valence-corrected chi connectivity index (χ1v) is 6.27. The molecule has 2 heterocycles. The van der Waals surface area contributed by atoms with Gasteiger partial charge in [0, 0.05) is 32.3 Å². The zero-order valence-corrected chi connectivity index (χ0v) is 11.1. The van der Waals surface area contributed by atoms with Gasteiger partial charge in [-0.25, -0.2) is 0 Å². The fraction of sp³-hybridized carbons (Fsp3) is 0.538. The lowest BCUT2D eigenvalue weighted by atomic mass is 10.2. The molecule has 5 nitrogen and oxygen atoms in total. The van der Waals surface area contributed by atoms with E-state index in [1.165, 1.54) is 0 Å². The molecule has 0 fully saturated rings. The van der Waals surface area contributed by atoms with Crippen LogP contribution in [0.5, 0.6) is 0 Å². The molecule has 0 aliphatic rings. The van der Waals surface area contributed by atoms with E-state index in [0.29, 0.717) is 6.04 Å². The fourth-order valence-electron chi connectivity index (χ4n) is 1.84. The average molecular weight is 248 g/mol. The molecule has 5 heteroatoms. The highest BCUT2D eigenvalue weighted by Crippen LogP contribution is 2.03. The number of pyridine rings is 1. The molecule has 0 aromatic carbocycles. The normalized spacial score (nSPS) is 14.8. The number of hydrogen-bond acceptors (Lipinski definition) is 4. The van der Waals surface area contributed by atoms with Crippen LogP contribution in [0.2, 0.25) is 0 Å². The summed E-state index contributed by atoms with van der Waals surface area (Å²) in [5.41, 5.74) is 0.894. The smallest absolute Gasteiger partial charge is 0.160 e. The van der Waals surface area contributed by atoms with Gasteiger partial charge in [-0.3, -0.25) is 4.40 Å². The number of ether oxygens (including phenoxy) is 1. The largest absolute Gasteiger partial charge is 0.380 e. The first kappa shape index (κ1) is 13.0. The van der Waals surface area contributed by atoms with Crippen LogP contribution in [0.1, 0.15) is 19.7 Å². The monoisotopic (exact) mass is 248 g/mol. The van der Waals surface area contributed by atoms with Crippen LogP contribution in [0.15, 0.2) is 24.4 Å². The summed E-state index contributed by atoms with van der Waals surface area (Å²) in [6.45, 7) is 5.05. The molecule has 2 unspecified atom stereocenters. The third-order valence-corrected chi connectivity index (χ3v) is 3.28. The molecule has 0 saturated heterocycles. The standard InChI is InChI=1S/C13H20N4O/c1-10(11(2)18-3)14-8-7-13-16-15-12-6-4-5-9-17(12)13/h4-6,9-11,14H,7-8H2,1-3H3. The number of aromatic nitrogens is 3. The molecule has 2 aromatic heterocycles. The first-order chi connectivity index (χ1) is 8.72. The van der Waals surface area contributed by atoms with Gasteiger partial charge in [-0.2, -0.15) is 0 Å². The van der Waals surface area contributed by atoms with Gasteiger partial charge >= 0.3 is 0 Å². The Hall–Kier alpha value is -1.46. The van der Waals surface area contributed by atoms with Crippen LogP contribution in [0.25, 0.3) is 5.65 Å². The van der Waals surface area contributed by atoms with Crippen LogP contribution in [0.4, 0.5) is 0 Å². The van der Waals surface area contributed by atoms with Crippen molar-refractivity contribution in [3.63, 3.8) is 0 Å². The number of fused-ring (bicyclic) bond motifs is 1. The highest BCUT2D eigenvalue weighted by Gasteiger charge is 2.10. The number of hydrogen-bond donors (Lipinski definition) is 1. The lowest BCUT2D eigenvalue weighted by Gasteiger charge is -2.19. The minimum Gasteiger partial charge on any atom is -0.380 e.